The maximum Gasteiger partial charge on any atom is 0.265 e. The Bertz CT molecular complexity index is 1570. The van der Waals surface area contributed by atoms with E-state index >= 15 is 0 Å². The van der Waals surface area contributed by atoms with Gasteiger partial charge in [0.2, 0.25) is 0 Å². The maximum atomic E-state index is 13.6. The highest BCUT2D eigenvalue weighted by atomic mass is 32.1. The van der Waals surface area contributed by atoms with Crippen LogP contribution >= 0.6 is 23.6 Å². The van der Waals surface area contributed by atoms with Gasteiger partial charge in [0.1, 0.15) is 18.1 Å². The smallest absolute Gasteiger partial charge is 0.265 e. The van der Waals surface area contributed by atoms with Crippen LogP contribution in [0.15, 0.2) is 96.4 Å². The average molecular weight is 524 g/mol. The van der Waals surface area contributed by atoms with Crippen molar-refractivity contribution in [2.45, 2.75) is 6.67 Å². The summed E-state index contributed by atoms with van der Waals surface area (Å²) in [4.78, 5) is 20.2. The molecule has 10 heteroatoms. The van der Waals surface area contributed by atoms with Gasteiger partial charge in [0.05, 0.1) is 5.69 Å². The van der Waals surface area contributed by atoms with Gasteiger partial charge in [-0.05, 0) is 36.5 Å². The van der Waals surface area contributed by atoms with E-state index < -0.39 is 0 Å². The van der Waals surface area contributed by atoms with Crippen molar-refractivity contribution in [3.05, 3.63) is 102 Å². The number of rotatable bonds is 6. The first-order valence-corrected chi connectivity index (χ1v) is 12.8. The Hall–Kier alpha value is -4.54. The summed E-state index contributed by atoms with van der Waals surface area (Å²) in [5, 5.41) is 17.1. The Morgan fingerprint density at radius 1 is 0.946 bits per heavy atom. The second kappa shape index (κ2) is 9.84. The van der Waals surface area contributed by atoms with Crippen molar-refractivity contribution in [3.63, 3.8) is 0 Å². The largest absolute Gasteiger partial charge is 0.338 e. The van der Waals surface area contributed by atoms with Crippen molar-refractivity contribution in [1.29, 1.82) is 0 Å². The number of amides is 1. The number of aromatic nitrogens is 3. The normalized spacial score (nSPS) is 12.5. The van der Waals surface area contributed by atoms with E-state index in [0.29, 0.717) is 34.1 Å². The number of anilines is 5. The maximum absolute atomic E-state index is 13.6. The number of hydrogen-bond donors (Lipinski definition) is 3. The number of nitrogens with one attached hydrogen (secondary N) is 3. The Morgan fingerprint density at radius 2 is 1.62 bits per heavy atom. The third-order valence-electron chi connectivity index (χ3n) is 5.82. The number of carbonyl (C=O) groups is 1. The molecule has 2 aromatic heterocycles. The number of benzene rings is 3. The zero-order valence-electron chi connectivity index (χ0n) is 19.5. The third kappa shape index (κ3) is 4.67. The lowest BCUT2D eigenvalue weighted by atomic mass is 10.2. The summed E-state index contributed by atoms with van der Waals surface area (Å²) in [5.41, 5.74) is 3.89. The van der Waals surface area contributed by atoms with Crippen LogP contribution in [0.5, 0.6) is 0 Å². The van der Waals surface area contributed by atoms with Gasteiger partial charge in [0.15, 0.2) is 16.1 Å². The van der Waals surface area contributed by atoms with Crippen molar-refractivity contribution in [1.82, 2.24) is 14.8 Å². The van der Waals surface area contributed by atoms with E-state index in [1.807, 2.05) is 101 Å². The average Bonchev–Trinajstić information content (AvgIpc) is 3.54. The van der Waals surface area contributed by atoms with Gasteiger partial charge in [0.25, 0.3) is 5.91 Å². The minimum absolute atomic E-state index is 0.336. The second-order valence-electron chi connectivity index (χ2n) is 8.26. The number of hydrogen-bond acceptors (Lipinski definition) is 6. The highest BCUT2D eigenvalue weighted by molar-refractivity contribution is 7.80. The van der Waals surface area contributed by atoms with Crippen LogP contribution in [0.1, 0.15) is 10.4 Å². The summed E-state index contributed by atoms with van der Waals surface area (Å²) >= 11 is 7.04. The van der Waals surface area contributed by atoms with Gasteiger partial charge >= 0.3 is 0 Å². The Morgan fingerprint density at radius 3 is 2.35 bits per heavy atom. The minimum atomic E-state index is -0.336. The molecule has 3 aromatic carbocycles. The predicted octanol–water partition coefficient (Wildman–Crippen LogP) is 6.18. The van der Waals surface area contributed by atoms with Gasteiger partial charge in [-0.3, -0.25) is 15.0 Å². The SMILES string of the molecule is O=C(Nc1nc(-c2ccccc2)cs1)c1c(Nc2ccccc2)nn2c1NC(=S)N(c1ccccc1)C2. The van der Waals surface area contributed by atoms with E-state index in [2.05, 4.69) is 20.9 Å². The van der Waals surface area contributed by atoms with Crippen LogP contribution in [-0.2, 0) is 6.67 Å². The second-order valence-corrected chi connectivity index (χ2v) is 9.50. The number of para-hydroxylation sites is 2. The molecule has 0 saturated heterocycles. The number of thiocarbonyl (C=S) groups is 1. The van der Waals surface area contributed by atoms with Crippen LogP contribution in [0, 0.1) is 0 Å². The molecule has 0 saturated carbocycles. The van der Waals surface area contributed by atoms with Crippen LogP contribution in [0.4, 0.5) is 28.1 Å². The molecule has 182 valence electrons. The van der Waals surface area contributed by atoms with Crippen LogP contribution in [0.25, 0.3) is 11.3 Å². The van der Waals surface area contributed by atoms with Crippen molar-refractivity contribution < 1.29 is 4.79 Å². The predicted molar refractivity (Wildman–Crippen MR) is 153 cm³/mol. The Balaban J connectivity index is 1.34. The molecule has 3 heterocycles. The molecule has 0 spiro atoms. The number of nitrogens with zero attached hydrogens (tertiary/aromatic N) is 4. The monoisotopic (exact) mass is 523 g/mol. The molecule has 5 aromatic rings. The van der Waals surface area contributed by atoms with Gasteiger partial charge < -0.3 is 10.6 Å². The molecule has 3 N–H and O–H groups in total. The topological polar surface area (TPSA) is 87.1 Å². The Kier molecular flexibility index (Phi) is 6.09. The zero-order chi connectivity index (χ0) is 25.2. The van der Waals surface area contributed by atoms with E-state index in [4.69, 9.17) is 17.3 Å². The molecular weight excluding hydrogens is 502 g/mol. The van der Waals surface area contributed by atoms with Gasteiger partial charge in [0, 0.05) is 22.3 Å². The van der Waals surface area contributed by atoms with Gasteiger partial charge in [-0.25, -0.2) is 9.67 Å². The molecule has 6 rings (SSSR count). The summed E-state index contributed by atoms with van der Waals surface area (Å²) in [6.45, 7) is 0.358. The van der Waals surface area contributed by atoms with Crippen LogP contribution in [0.2, 0.25) is 0 Å². The molecule has 1 aliphatic rings. The molecular formula is C27H21N7OS2. The Labute approximate surface area is 222 Å². The van der Waals surface area contributed by atoms with Crippen LogP contribution in [-0.4, -0.2) is 25.8 Å². The lowest BCUT2D eigenvalue weighted by Gasteiger charge is -2.31. The van der Waals surface area contributed by atoms with Crippen molar-refractivity contribution in [2.75, 3.05) is 20.9 Å². The summed E-state index contributed by atoms with van der Waals surface area (Å²) in [7, 11) is 0. The quantitative estimate of drug-likeness (QED) is 0.229. The fourth-order valence-corrected chi connectivity index (χ4v) is 5.03. The minimum Gasteiger partial charge on any atom is -0.338 e. The van der Waals surface area contributed by atoms with Crippen molar-refractivity contribution in [2.24, 2.45) is 0 Å². The summed E-state index contributed by atoms with van der Waals surface area (Å²) in [6.07, 6.45) is 0. The fraction of sp³-hybridized carbons (Fsp3) is 0.0370. The van der Waals surface area contributed by atoms with Crippen LogP contribution < -0.4 is 20.9 Å². The van der Waals surface area contributed by atoms with Gasteiger partial charge in [-0.1, -0.05) is 66.7 Å². The summed E-state index contributed by atoms with van der Waals surface area (Å²) in [5.74, 6) is 0.605. The lowest BCUT2D eigenvalue weighted by Crippen LogP contribution is -2.42. The lowest BCUT2D eigenvalue weighted by molar-refractivity contribution is 0.102. The molecule has 0 aliphatic carbocycles. The molecule has 0 fully saturated rings. The highest BCUT2D eigenvalue weighted by Crippen LogP contribution is 2.33. The first-order valence-electron chi connectivity index (χ1n) is 11.5. The van der Waals surface area contributed by atoms with Gasteiger partial charge in [-0.15, -0.1) is 11.3 Å². The first-order chi connectivity index (χ1) is 18.2. The van der Waals surface area contributed by atoms with E-state index in [9.17, 15) is 4.79 Å². The molecule has 0 unspecified atom stereocenters. The molecule has 0 radical (unpaired) electrons. The molecule has 8 nitrogen and oxygen atoms in total. The van der Waals surface area contributed by atoms with Crippen molar-refractivity contribution >= 4 is 62.7 Å². The van der Waals surface area contributed by atoms with E-state index in [-0.39, 0.29) is 5.91 Å². The molecule has 1 amide bonds. The summed E-state index contributed by atoms with van der Waals surface area (Å²) < 4.78 is 1.74. The van der Waals surface area contributed by atoms with Crippen molar-refractivity contribution in [3.8, 4) is 11.3 Å². The highest BCUT2D eigenvalue weighted by Gasteiger charge is 2.31. The third-order valence-corrected chi connectivity index (χ3v) is 6.90. The zero-order valence-corrected chi connectivity index (χ0v) is 21.1. The number of carbonyl (C=O) groups excluding carboxylic acids is 1. The summed E-state index contributed by atoms with van der Waals surface area (Å²) in [6, 6.07) is 29.3. The van der Waals surface area contributed by atoms with E-state index in [1.165, 1.54) is 11.3 Å². The van der Waals surface area contributed by atoms with E-state index in [0.717, 1.165) is 22.6 Å². The molecule has 1 aliphatic heterocycles. The fourth-order valence-electron chi connectivity index (χ4n) is 4.06. The molecule has 0 atom stereocenters. The van der Waals surface area contributed by atoms with E-state index in [1.54, 1.807) is 4.68 Å². The number of fused-ring (bicyclic) bond motifs is 1. The molecule has 0 bridgehead atoms. The van der Waals surface area contributed by atoms with Crippen LogP contribution in [0.3, 0.4) is 0 Å². The molecule has 37 heavy (non-hydrogen) atoms. The number of thiazole rings is 1. The van der Waals surface area contributed by atoms with Gasteiger partial charge in [-0.2, -0.15) is 5.10 Å². The first kappa shape index (κ1) is 22.9. The standard InChI is InChI=1S/C27H21N7OS2/c35-25(31-26-29-21(16-37-26)18-10-4-1-5-11-18)22-23(28-19-12-6-2-7-13-19)32-34-17-33(27(36)30-24(22)34)20-14-8-3-9-15-20/h1-16H,17H2,(H,28,32)(H,30,36)(H,29,31,35).